The van der Waals surface area contributed by atoms with Crippen LogP contribution in [0.5, 0.6) is 0 Å². The zero-order valence-corrected chi connectivity index (χ0v) is 11.4. The summed E-state index contributed by atoms with van der Waals surface area (Å²) in [6.07, 6.45) is 6.62. The van der Waals surface area contributed by atoms with Crippen LogP contribution >= 0.6 is 11.8 Å². The van der Waals surface area contributed by atoms with E-state index in [4.69, 9.17) is 0 Å². The Morgan fingerprint density at radius 3 is 2.31 bits per heavy atom. The molecule has 1 amide bonds. The van der Waals surface area contributed by atoms with Gasteiger partial charge in [0.05, 0.1) is 0 Å². The second kappa shape index (κ2) is 9.70. The molecule has 0 fully saturated rings. The summed E-state index contributed by atoms with van der Waals surface area (Å²) in [6.45, 7) is 4.64. The van der Waals surface area contributed by atoms with Gasteiger partial charge in [-0.2, -0.15) is 0 Å². The van der Waals surface area contributed by atoms with Gasteiger partial charge in [0.1, 0.15) is 5.78 Å². The van der Waals surface area contributed by atoms with Crippen LogP contribution in [0, 0.1) is 5.92 Å². The minimum absolute atomic E-state index is 0.0370. The molecule has 0 saturated carbocycles. The average Bonchev–Trinajstić information content (AvgIpc) is 2.26. The van der Waals surface area contributed by atoms with E-state index in [0.717, 1.165) is 32.2 Å². The Kier molecular flexibility index (Phi) is 9.39. The van der Waals surface area contributed by atoms with Crippen molar-refractivity contribution in [2.24, 2.45) is 5.92 Å². The number of rotatable bonds is 8. The maximum absolute atomic E-state index is 11.3. The van der Waals surface area contributed by atoms with E-state index in [0.29, 0.717) is 12.2 Å². The van der Waals surface area contributed by atoms with Crippen molar-refractivity contribution >= 4 is 22.8 Å². The SMILES string of the molecule is CSC(=O)NCCCCCCC(=O)C(C)C. The Hall–Kier alpha value is -0.510. The van der Waals surface area contributed by atoms with Gasteiger partial charge in [0, 0.05) is 18.9 Å². The van der Waals surface area contributed by atoms with Gasteiger partial charge in [-0.3, -0.25) is 9.59 Å². The van der Waals surface area contributed by atoms with Crippen molar-refractivity contribution in [1.29, 1.82) is 0 Å². The van der Waals surface area contributed by atoms with Crippen LogP contribution in [0.15, 0.2) is 0 Å². The highest BCUT2D eigenvalue weighted by atomic mass is 32.2. The normalized spacial score (nSPS) is 10.5. The summed E-state index contributed by atoms with van der Waals surface area (Å²) in [4.78, 5) is 22.2. The molecule has 0 aliphatic rings. The summed E-state index contributed by atoms with van der Waals surface area (Å²) in [5.74, 6) is 0.525. The molecule has 0 radical (unpaired) electrons. The van der Waals surface area contributed by atoms with Crippen molar-refractivity contribution in [3.05, 3.63) is 0 Å². The molecule has 0 heterocycles. The van der Waals surface area contributed by atoms with E-state index >= 15 is 0 Å². The van der Waals surface area contributed by atoms with E-state index in [1.165, 1.54) is 11.8 Å². The van der Waals surface area contributed by atoms with E-state index in [1.807, 2.05) is 13.8 Å². The Labute approximate surface area is 103 Å². The van der Waals surface area contributed by atoms with Crippen molar-refractivity contribution in [3.8, 4) is 0 Å². The van der Waals surface area contributed by atoms with Crippen molar-refractivity contribution in [2.45, 2.75) is 46.0 Å². The van der Waals surface area contributed by atoms with Gasteiger partial charge in [0.25, 0.3) is 5.24 Å². The number of thioether (sulfide) groups is 1. The van der Waals surface area contributed by atoms with Gasteiger partial charge in [-0.25, -0.2) is 0 Å². The second-order valence-corrected chi connectivity index (χ2v) is 4.98. The van der Waals surface area contributed by atoms with Crippen LogP contribution in [0.4, 0.5) is 4.79 Å². The number of amides is 1. The highest BCUT2D eigenvalue weighted by Gasteiger charge is 2.05. The summed E-state index contributed by atoms with van der Waals surface area (Å²) in [6, 6.07) is 0. The lowest BCUT2D eigenvalue weighted by atomic mass is 10.0. The standard InChI is InChI=1S/C12H23NO2S/c1-10(2)11(14)8-6-4-5-7-9-13-12(15)16-3/h10H,4-9H2,1-3H3,(H,13,15). The third kappa shape index (κ3) is 8.77. The molecule has 1 N–H and O–H groups in total. The van der Waals surface area contributed by atoms with Crippen LogP contribution in [0.2, 0.25) is 0 Å². The van der Waals surface area contributed by atoms with Gasteiger partial charge in [-0.1, -0.05) is 38.5 Å². The molecule has 0 aliphatic heterocycles. The van der Waals surface area contributed by atoms with E-state index in [2.05, 4.69) is 5.32 Å². The summed E-state index contributed by atoms with van der Waals surface area (Å²) in [7, 11) is 0. The first kappa shape index (κ1) is 15.5. The molecule has 94 valence electrons. The molecule has 4 heteroatoms. The van der Waals surface area contributed by atoms with Crippen molar-refractivity contribution < 1.29 is 9.59 Å². The third-order valence-corrected chi connectivity index (χ3v) is 2.96. The minimum Gasteiger partial charge on any atom is -0.347 e. The fourth-order valence-electron chi connectivity index (χ4n) is 1.33. The summed E-state index contributed by atoms with van der Waals surface area (Å²) < 4.78 is 0. The lowest BCUT2D eigenvalue weighted by molar-refractivity contribution is -0.122. The lowest BCUT2D eigenvalue weighted by Gasteiger charge is -2.04. The zero-order valence-electron chi connectivity index (χ0n) is 10.5. The molecular weight excluding hydrogens is 222 g/mol. The molecule has 0 unspecified atom stereocenters. The lowest BCUT2D eigenvalue weighted by Crippen LogP contribution is -2.19. The van der Waals surface area contributed by atoms with Gasteiger partial charge < -0.3 is 5.32 Å². The molecule has 0 aromatic heterocycles. The number of ketones is 1. The van der Waals surface area contributed by atoms with Crippen LogP contribution < -0.4 is 5.32 Å². The van der Waals surface area contributed by atoms with E-state index in [-0.39, 0.29) is 11.2 Å². The molecule has 3 nitrogen and oxygen atoms in total. The van der Waals surface area contributed by atoms with Gasteiger partial charge in [-0.15, -0.1) is 0 Å². The first-order valence-electron chi connectivity index (χ1n) is 5.92. The number of nitrogens with one attached hydrogen (secondary N) is 1. The van der Waals surface area contributed by atoms with E-state index in [9.17, 15) is 9.59 Å². The van der Waals surface area contributed by atoms with E-state index < -0.39 is 0 Å². The van der Waals surface area contributed by atoms with Gasteiger partial charge in [0.2, 0.25) is 0 Å². The number of hydrogen-bond acceptors (Lipinski definition) is 3. The number of carbonyl (C=O) groups excluding carboxylic acids is 2. The van der Waals surface area contributed by atoms with E-state index in [1.54, 1.807) is 6.26 Å². The van der Waals surface area contributed by atoms with Crippen LogP contribution in [-0.4, -0.2) is 23.8 Å². The Morgan fingerprint density at radius 1 is 1.12 bits per heavy atom. The topological polar surface area (TPSA) is 46.2 Å². The first-order valence-corrected chi connectivity index (χ1v) is 7.15. The maximum Gasteiger partial charge on any atom is 0.278 e. The number of unbranched alkanes of at least 4 members (excludes halogenated alkanes) is 3. The summed E-state index contributed by atoms with van der Waals surface area (Å²) in [5.41, 5.74) is 0. The zero-order chi connectivity index (χ0) is 12.4. The maximum atomic E-state index is 11.3. The Bertz CT molecular complexity index is 217. The van der Waals surface area contributed by atoms with Crippen molar-refractivity contribution in [3.63, 3.8) is 0 Å². The van der Waals surface area contributed by atoms with Gasteiger partial charge in [0.15, 0.2) is 0 Å². The minimum atomic E-state index is 0.0370. The average molecular weight is 245 g/mol. The molecule has 0 atom stereocenters. The molecule has 0 saturated heterocycles. The molecule has 0 aliphatic carbocycles. The predicted molar refractivity (Wildman–Crippen MR) is 69.8 cm³/mol. The summed E-state index contributed by atoms with van der Waals surface area (Å²) in [5, 5.41) is 2.84. The molecule has 0 bridgehead atoms. The Morgan fingerprint density at radius 2 is 1.75 bits per heavy atom. The first-order chi connectivity index (χ1) is 7.57. The fourth-order valence-corrected chi connectivity index (χ4v) is 1.58. The highest BCUT2D eigenvalue weighted by Crippen LogP contribution is 2.07. The van der Waals surface area contributed by atoms with Crippen LogP contribution in [-0.2, 0) is 4.79 Å². The highest BCUT2D eigenvalue weighted by molar-refractivity contribution is 8.12. The van der Waals surface area contributed by atoms with Gasteiger partial charge >= 0.3 is 0 Å². The molecule has 16 heavy (non-hydrogen) atoms. The van der Waals surface area contributed by atoms with Crippen LogP contribution in [0.3, 0.4) is 0 Å². The molecule has 0 rings (SSSR count). The fraction of sp³-hybridized carbons (Fsp3) is 0.833. The third-order valence-electron chi connectivity index (χ3n) is 2.45. The number of Topliss-reactive ketones (excluding diaryl/α,β-unsaturated/α-hetero) is 1. The van der Waals surface area contributed by atoms with Gasteiger partial charge in [-0.05, 0) is 19.1 Å². The van der Waals surface area contributed by atoms with Crippen LogP contribution in [0.1, 0.15) is 46.0 Å². The second-order valence-electron chi connectivity index (χ2n) is 4.20. The molecule has 0 aromatic rings. The molecule has 0 aromatic carbocycles. The Balaban J connectivity index is 3.22. The van der Waals surface area contributed by atoms with Crippen molar-refractivity contribution in [2.75, 3.05) is 12.8 Å². The van der Waals surface area contributed by atoms with Crippen molar-refractivity contribution in [1.82, 2.24) is 5.32 Å². The smallest absolute Gasteiger partial charge is 0.278 e. The number of hydrogen-bond donors (Lipinski definition) is 1. The number of carbonyl (C=O) groups is 2. The molecular formula is C12H23NO2S. The summed E-state index contributed by atoms with van der Waals surface area (Å²) >= 11 is 1.21. The molecule has 0 spiro atoms. The quantitative estimate of drug-likeness (QED) is 0.668. The predicted octanol–water partition coefficient (Wildman–Crippen LogP) is 3.23. The largest absolute Gasteiger partial charge is 0.347 e. The monoisotopic (exact) mass is 245 g/mol. The van der Waals surface area contributed by atoms with Crippen LogP contribution in [0.25, 0.3) is 0 Å².